The topological polar surface area (TPSA) is 40.7 Å². The molecular formula is C11H12Cl3N3. The molecule has 0 bridgehead atoms. The molecule has 3 rings (SSSR count). The molecule has 17 heavy (non-hydrogen) atoms. The zero-order valence-corrected chi connectivity index (χ0v) is 11.3. The average Bonchev–Trinajstić information content (AvgIpc) is 2.86. The largest absolute Gasteiger partial charge is 0.341 e. The first-order valence-corrected chi connectivity index (χ1v) is 6.07. The van der Waals surface area contributed by atoms with Gasteiger partial charge in [-0.3, -0.25) is 0 Å². The lowest BCUT2D eigenvalue weighted by Crippen LogP contribution is -2.13. The van der Waals surface area contributed by atoms with Gasteiger partial charge in [-0.05, 0) is 31.5 Å². The van der Waals surface area contributed by atoms with E-state index in [9.17, 15) is 0 Å². The quantitative estimate of drug-likeness (QED) is 0.841. The zero-order chi connectivity index (χ0) is 11.1. The Balaban J connectivity index is 0.00000108. The van der Waals surface area contributed by atoms with E-state index in [4.69, 9.17) is 23.2 Å². The molecule has 1 saturated heterocycles. The molecule has 0 spiro atoms. The highest BCUT2D eigenvalue weighted by atomic mass is 35.5. The van der Waals surface area contributed by atoms with E-state index in [0.29, 0.717) is 16.1 Å². The Morgan fingerprint density at radius 3 is 2.71 bits per heavy atom. The molecule has 2 heterocycles. The zero-order valence-electron chi connectivity index (χ0n) is 8.96. The molecule has 1 aliphatic rings. The number of nitrogens with zero attached hydrogens (tertiary/aromatic N) is 1. The Kier molecular flexibility index (Phi) is 3.83. The van der Waals surface area contributed by atoms with Gasteiger partial charge in [-0.1, -0.05) is 23.2 Å². The molecular weight excluding hydrogens is 281 g/mol. The fraction of sp³-hybridized carbons (Fsp3) is 0.364. The Bertz CT molecular complexity index is 493. The predicted molar refractivity (Wildman–Crippen MR) is 73.3 cm³/mol. The SMILES string of the molecule is Cl.Clc1cc2nc([C@@H]3CCCN3)[nH]c2cc1Cl. The summed E-state index contributed by atoms with van der Waals surface area (Å²) in [4.78, 5) is 7.82. The Hall–Kier alpha value is -0.480. The van der Waals surface area contributed by atoms with Crippen molar-refractivity contribution in [1.82, 2.24) is 15.3 Å². The van der Waals surface area contributed by atoms with Crippen LogP contribution in [0.4, 0.5) is 0 Å². The van der Waals surface area contributed by atoms with Crippen LogP contribution in [0.3, 0.4) is 0 Å². The van der Waals surface area contributed by atoms with Crippen LogP contribution < -0.4 is 5.32 Å². The summed E-state index contributed by atoms with van der Waals surface area (Å²) in [7, 11) is 0. The summed E-state index contributed by atoms with van der Waals surface area (Å²) in [6, 6.07) is 3.96. The van der Waals surface area contributed by atoms with E-state index >= 15 is 0 Å². The number of aromatic amines is 1. The molecule has 2 aromatic rings. The van der Waals surface area contributed by atoms with Crippen molar-refractivity contribution in [3.63, 3.8) is 0 Å². The number of aromatic nitrogens is 2. The highest BCUT2D eigenvalue weighted by Gasteiger charge is 2.19. The van der Waals surface area contributed by atoms with Crippen molar-refractivity contribution in [3.05, 3.63) is 28.0 Å². The molecule has 0 aliphatic carbocycles. The maximum absolute atomic E-state index is 5.96. The van der Waals surface area contributed by atoms with E-state index in [-0.39, 0.29) is 12.4 Å². The van der Waals surface area contributed by atoms with Crippen molar-refractivity contribution in [2.45, 2.75) is 18.9 Å². The highest BCUT2D eigenvalue weighted by Crippen LogP contribution is 2.29. The maximum Gasteiger partial charge on any atom is 0.124 e. The van der Waals surface area contributed by atoms with Gasteiger partial charge in [0.05, 0.1) is 27.1 Å². The van der Waals surface area contributed by atoms with Crippen molar-refractivity contribution in [1.29, 1.82) is 0 Å². The fourth-order valence-corrected chi connectivity index (χ4v) is 2.43. The molecule has 1 aromatic carbocycles. The fourth-order valence-electron chi connectivity index (χ4n) is 2.11. The first-order chi connectivity index (χ1) is 7.74. The van der Waals surface area contributed by atoms with Crippen LogP contribution in [0.5, 0.6) is 0 Å². The van der Waals surface area contributed by atoms with Gasteiger partial charge in [0.1, 0.15) is 5.82 Å². The van der Waals surface area contributed by atoms with Crippen molar-refractivity contribution < 1.29 is 0 Å². The van der Waals surface area contributed by atoms with Crippen LogP contribution in [0.25, 0.3) is 11.0 Å². The molecule has 1 atom stereocenters. The molecule has 0 amide bonds. The summed E-state index contributed by atoms with van der Waals surface area (Å²) >= 11 is 11.9. The van der Waals surface area contributed by atoms with Crippen LogP contribution in [-0.4, -0.2) is 16.5 Å². The van der Waals surface area contributed by atoms with E-state index < -0.39 is 0 Å². The normalized spacial score (nSPS) is 19.5. The van der Waals surface area contributed by atoms with Crippen molar-refractivity contribution in [2.75, 3.05) is 6.54 Å². The van der Waals surface area contributed by atoms with Crippen LogP contribution in [0.15, 0.2) is 12.1 Å². The number of nitrogens with one attached hydrogen (secondary N) is 2. The van der Waals surface area contributed by atoms with Gasteiger partial charge in [0.2, 0.25) is 0 Å². The number of fused-ring (bicyclic) bond motifs is 1. The number of hydrogen-bond donors (Lipinski definition) is 2. The van der Waals surface area contributed by atoms with E-state index in [1.54, 1.807) is 6.07 Å². The van der Waals surface area contributed by atoms with Gasteiger partial charge in [0.15, 0.2) is 0 Å². The van der Waals surface area contributed by atoms with Crippen LogP contribution in [-0.2, 0) is 0 Å². The number of H-pyrrole nitrogens is 1. The third kappa shape index (κ3) is 2.38. The second-order valence-electron chi connectivity index (χ2n) is 4.05. The van der Waals surface area contributed by atoms with Gasteiger partial charge < -0.3 is 10.3 Å². The maximum atomic E-state index is 5.96. The van der Waals surface area contributed by atoms with Crippen LogP contribution in [0, 0.1) is 0 Å². The van der Waals surface area contributed by atoms with Gasteiger partial charge >= 0.3 is 0 Å². The number of halogens is 3. The smallest absolute Gasteiger partial charge is 0.124 e. The summed E-state index contributed by atoms with van der Waals surface area (Å²) < 4.78 is 0. The van der Waals surface area contributed by atoms with Gasteiger partial charge in [-0.15, -0.1) is 12.4 Å². The summed E-state index contributed by atoms with van der Waals surface area (Å²) in [6.45, 7) is 1.06. The molecule has 1 aliphatic heterocycles. The third-order valence-corrected chi connectivity index (χ3v) is 3.65. The number of rotatable bonds is 1. The number of imidazole rings is 1. The van der Waals surface area contributed by atoms with Gasteiger partial charge in [-0.2, -0.15) is 0 Å². The third-order valence-electron chi connectivity index (χ3n) is 2.93. The highest BCUT2D eigenvalue weighted by molar-refractivity contribution is 6.42. The predicted octanol–water partition coefficient (Wildman–Crippen LogP) is 3.72. The molecule has 2 N–H and O–H groups in total. The monoisotopic (exact) mass is 291 g/mol. The molecule has 3 nitrogen and oxygen atoms in total. The Labute approximate surface area is 115 Å². The number of benzene rings is 1. The second kappa shape index (κ2) is 5.02. The summed E-state index contributed by atoms with van der Waals surface area (Å²) in [5.41, 5.74) is 1.82. The molecule has 92 valence electrons. The summed E-state index contributed by atoms with van der Waals surface area (Å²) in [5.74, 6) is 0.978. The standard InChI is InChI=1S/C11H11Cl2N3.ClH/c12-6-4-9-10(5-7(6)13)16-11(15-9)8-2-1-3-14-8;/h4-5,8,14H,1-3H2,(H,15,16);1H/t8-;/m0./s1. The first-order valence-electron chi connectivity index (χ1n) is 5.32. The summed E-state index contributed by atoms with van der Waals surface area (Å²) in [5, 5.41) is 4.51. The van der Waals surface area contributed by atoms with E-state index in [1.165, 1.54) is 6.42 Å². The molecule has 0 saturated carbocycles. The molecule has 6 heteroatoms. The lowest BCUT2D eigenvalue weighted by molar-refractivity contribution is 0.614. The van der Waals surface area contributed by atoms with E-state index in [1.807, 2.05) is 6.07 Å². The van der Waals surface area contributed by atoms with Crippen molar-refractivity contribution in [3.8, 4) is 0 Å². The van der Waals surface area contributed by atoms with Crippen LogP contribution in [0.2, 0.25) is 10.0 Å². The van der Waals surface area contributed by atoms with Gasteiger partial charge in [0.25, 0.3) is 0 Å². The van der Waals surface area contributed by atoms with Crippen molar-refractivity contribution >= 4 is 46.6 Å². The van der Waals surface area contributed by atoms with Crippen LogP contribution in [0.1, 0.15) is 24.7 Å². The second-order valence-corrected chi connectivity index (χ2v) is 4.87. The Morgan fingerprint density at radius 2 is 2.00 bits per heavy atom. The van der Waals surface area contributed by atoms with E-state index in [2.05, 4.69) is 15.3 Å². The van der Waals surface area contributed by atoms with Gasteiger partial charge in [-0.25, -0.2) is 4.98 Å². The first kappa shape index (κ1) is 13.0. The molecule has 0 radical (unpaired) electrons. The number of hydrogen-bond acceptors (Lipinski definition) is 2. The van der Waals surface area contributed by atoms with Gasteiger partial charge in [0, 0.05) is 0 Å². The van der Waals surface area contributed by atoms with Crippen molar-refractivity contribution in [2.24, 2.45) is 0 Å². The summed E-state index contributed by atoms with van der Waals surface area (Å²) in [6.07, 6.45) is 2.32. The molecule has 0 unspecified atom stereocenters. The Morgan fingerprint density at radius 1 is 1.24 bits per heavy atom. The lowest BCUT2D eigenvalue weighted by atomic mass is 10.2. The minimum absolute atomic E-state index is 0. The molecule has 1 aromatic heterocycles. The minimum Gasteiger partial charge on any atom is -0.341 e. The van der Waals surface area contributed by atoms with E-state index in [0.717, 1.165) is 29.8 Å². The lowest BCUT2D eigenvalue weighted by Gasteiger charge is -2.04. The minimum atomic E-state index is 0. The van der Waals surface area contributed by atoms with Crippen LogP contribution >= 0.6 is 35.6 Å². The molecule has 1 fully saturated rings. The average molecular weight is 293 g/mol.